The first-order valence-corrected chi connectivity index (χ1v) is 6.49. The number of methoxy groups -OCH3 is 2. The second kappa shape index (κ2) is 8.52. The molecule has 0 aliphatic heterocycles. The minimum absolute atomic E-state index is 0.0191. The number of anilines is 1. The summed E-state index contributed by atoms with van der Waals surface area (Å²) in [6, 6.07) is 7.13. The Labute approximate surface area is 119 Å². The first-order chi connectivity index (χ1) is 9.56. The maximum atomic E-state index is 11.7. The van der Waals surface area contributed by atoms with E-state index in [1.54, 1.807) is 14.2 Å². The molecule has 0 spiro atoms. The van der Waals surface area contributed by atoms with Crippen LogP contribution in [0.2, 0.25) is 0 Å². The number of urea groups is 1. The Bertz CT molecular complexity index is 407. The standard InChI is InChI=1S/C14H23N3O3/c1-10(15)11-4-6-12(7-5-11)17-14(18)16-8-13(20-3)9-19-2/h4-7,10,13H,8-9,15H2,1-3H3,(H2,16,17,18). The molecule has 6 nitrogen and oxygen atoms in total. The zero-order valence-corrected chi connectivity index (χ0v) is 12.2. The largest absolute Gasteiger partial charge is 0.382 e. The molecule has 0 bridgehead atoms. The van der Waals surface area contributed by atoms with Gasteiger partial charge in [0.25, 0.3) is 0 Å². The van der Waals surface area contributed by atoms with Crippen LogP contribution in [-0.2, 0) is 9.47 Å². The van der Waals surface area contributed by atoms with Crippen LogP contribution in [0.5, 0.6) is 0 Å². The molecule has 20 heavy (non-hydrogen) atoms. The minimum Gasteiger partial charge on any atom is -0.382 e. The van der Waals surface area contributed by atoms with E-state index in [9.17, 15) is 4.79 Å². The van der Waals surface area contributed by atoms with Crippen LogP contribution in [0.1, 0.15) is 18.5 Å². The predicted molar refractivity (Wildman–Crippen MR) is 78.7 cm³/mol. The quantitative estimate of drug-likeness (QED) is 0.707. The van der Waals surface area contributed by atoms with E-state index < -0.39 is 0 Å². The summed E-state index contributed by atoms with van der Waals surface area (Å²) in [4.78, 5) is 11.7. The molecule has 0 aliphatic carbocycles. The molecule has 2 amide bonds. The molecule has 1 aromatic carbocycles. The summed E-state index contributed by atoms with van der Waals surface area (Å²) in [6.07, 6.45) is -0.161. The summed E-state index contributed by atoms with van der Waals surface area (Å²) in [5, 5.41) is 5.47. The van der Waals surface area contributed by atoms with E-state index in [1.807, 2.05) is 31.2 Å². The third-order valence-corrected chi connectivity index (χ3v) is 2.87. The van der Waals surface area contributed by atoms with E-state index in [1.165, 1.54) is 0 Å². The smallest absolute Gasteiger partial charge is 0.319 e. The van der Waals surface area contributed by atoms with Gasteiger partial charge in [-0.15, -0.1) is 0 Å². The predicted octanol–water partition coefficient (Wildman–Crippen LogP) is 1.49. The van der Waals surface area contributed by atoms with Gasteiger partial charge in [-0.25, -0.2) is 4.79 Å². The van der Waals surface area contributed by atoms with Gasteiger partial charge in [-0.05, 0) is 24.6 Å². The molecule has 0 aliphatic rings. The first-order valence-electron chi connectivity index (χ1n) is 6.49. The average molecular weight is 281 g/mol. The summed E-state index contributed by atoms with van der Waals surface area (Å²) in [7, 11) is 3.17. The Morgan fingerprint density at radius 2 is 1.95 bits per heavy atom. The third kappa shape index (κ3) is 5.56. The Hall–Kier alpha value is -1.63. The van der Waals surface area contributed by atoms with Gasteiger partial charge in [-0.3, -0.25) is 0 Å². The topological polar surface area (TPSA) is 85.6 Å². The molecule has 0 saturated carbocycles. The second-order valence-corrected chi connectivity index (χ2v) is 4.56. The van der Waals surface area contributed by atoms with Gasteiger partial charge < -0.3 is 25.8 Å². The summed E-state index contributed by atoms with van der Waals surface area (Å²) < 4.78 is 10.1. The highest BCUT2D eigenvalue weighted by Crippen LogP contribution is 2.13. The van der Waals surface area contributed by atoms with Crippen molar-refractivity contribution in [1.82, 2.24) is 5.32 Å². The molecule has 0 aromatic heterocycles. The van der Waals surface area contributed by atoms with Gasteiger partial charge in [-0.2, -0.15) is 0 Å². The first kappa shape index (κ1) is 16.4. The van der Waals surface area contributed by atoms with Gasteiger partial charge in [0, 0.05) is 32.5 Å². The van der Waals surface area contributed by atoms with Crippen molar-refractivity contribution in [3.8, 4) is 0 Å². The number of ether oxygens (including phenoxy) is 2. The van der Waals surface area contributed by atoms with Crippen molar-refractivity contribution in [2.75, 3.05) is 32.7 Å². The Morgan fingerprint density at radius 1 is 1.30 bits per heavy atom. The molecule has 1 aromatic rings. The molecule has 4 N–H and O–H groups in total. The van der Waals surface area contributed by atoms with Gasteiger partial charge in [-0.1, -0.05) is 12.1 Å². The maximum Gasteiger partial charge on any atom is 0.319 e. The van der Waals surface area contributed by atoms with Gasteiger partial charge in [0.15, 0.2) is 0 Å². The molecule has 6 heteroatoms. The van der Waals surface area contributed by atoms with Gasteiger partial charge in [0.1, 0.15) is 0 Å². The molecule has 2 unspecified atom stereocenters. The normalized spacial score (nSPS) is 13.6. The molecule has 0 radical (unpaired) electrons. The SMILES string of the molecule is COCC(CNC(=O)Nc1ccc(C(C)N)cc1)OC. The van der Waals surface area contributed by atoms with Crippen LogP contribution in [0.3, 0.4) is 0 Å². The van der Waals surface area contributed by atoms with Crippen LogP contribution < -0.4 is 16.4 Å². The third-order valence-electron chi connectivity index (χ3n) is 2.87. The summed E-state index contributed by atoms with van der Waals surface area (Å²) in [5.41, 5.74) is 7.50. The number of hydrogen-bond donors (Lipinski definition) is 3. The number of carbonyl (C=O) groups excluding carboxylic acids is 1. The fourth-order valence-corrected chi connectivity index (χ4v) is 1.65. The van der Waals surface area contributed by atoms with Crippen molar-refractivity contribution in [2.24, 2.45) is 5.73 Å². The minimum atomic E-state index is -0.281. The second-order valence-electron chi connectivity index (χ2n) is 4.56. The highest BCUT2D eigenvalue weighted by atomic mass is 16.5. The van der Waals surface area contributed by atoms with Crippen LogP contribution in [0.15, 0.2) is 24.3 Å². The fourth-order valence-electron chi connectivity index (χ4n) is 1.65. The van der Waals surface area contributed by atoms with Crippen molar-refractivity contribution in [1.29, 1.82) is 0 Å². The molecule has 0 fully saturated rings. The lowest BCUT2D eigenvalue weighted by atomic mass is 10.1. The lowest BCUT2D eigenvalue weighted by molar-refractivity contribution is 0.0307. The van der Waals surface area contributed by atoms with E-state index >= 15 is 0 Å². The van der Waals surface area contributed by atoms with Gasteiger partial charge in [0.2, 0.25) is 0 Å². The van der Waals surface area contributed by atoms with Crippen LogP contribution in [0, 0.1) is 0 Å². The van der Waals surface area contributed by atoms with Crippen LogP contribution in [-0.4, -0.2) is 39.5 Å². The molecule has 1 rings (SSSR count). The van der Waals surface area contributed by atoms with Gasteiger partial charge >= 0.3 is 6.03 Å². The zero-order chi connectivity index (χ0) is 15.0. The maximum absolute atomic E-state index is 11.7. The number of rotatable bonds is 7. The number of nitrogens with two attached hydrogens (primary N) is 1. The fraction of sp³-hybridized carbons (Fsp3) is 0.500. The Kier molecular flexibility index (Phi) is 7.00. The van der Waals surface area contributed by atoms with E-state index in [-0.39, 0.29) is 18.2 Å². The van der Waals surface area contributed by atoms with Crippen LogP contribution in [0.4, 0.5) is 10.5 Å². The average Bonchev–Trinajstić information content (AvgIpc) is 2.44. The van der Waals surface area contributed by atoms with Crippen LogP contribution >= 0.6 is 0 Å². The lowest BCUT2D eigenvalue weighted by Gasteiger charge is -2.15. The van der Waals surface area contributed by atoms with E-state index in [0.717, 1.165) is 5.56 Å². The van der Waals surface area contributed by atoms with Gasteiger partial charge in [0.05, 0.1) is 12.7 Å². The monoisotopic (exact) mass is 281 g/mol. The Morgan fingerprint density at radius 3 is 2.45 bits per heavy atom. The van der Waals surface area contributed by atoms with Crippen molar-refractivity contribution in [3.05, 3.63) is 29.8 Å². The van der Waals surface area contributed by atoms with E-state index in [2.05, 4.69) is 10.6 Å². The Balaban J connectivity index is 2.42. The van der Waals surface area contributed by atoms with Crippen molar-refractivity contribution in [2.45, 2.75) is 19.1 Å². The number of carbonyl (C=O) groups is 1. The van der Waals surface area contributed by atoms with Crippen LogP contribution in [0.25, 0.3) is 0 Å². The number of hydrogen-bond acceptors (Lipinski definition) is 4. The summed E-state index contributed by atoms with van der Waals surface area (Å²) in [5.74, 6) is 0. The molecular formula is C14H23N3O3. The molecule has 0 saturated heterocycles. The zero-order valence-electron chi connectivity index (χ0n) is 12.2. The molecule has 2 atom stereocenters. The molecule has 0 heterocycles. The van der Waals surface area contributed by atoms with Crippen molar-refractivity contribution in [3.63, 3.8) is 0 Å². The number of benzene rings is 1. The highest BCUT2D eigenvalue weighted by molar-refractivity contribution is 5.89. The van der Waals surface area contributed by atoms with E-state index in [4.69, 9.17) is 15.2 Å². The molecular weight excluding hydrogens is 258 g/mol. The van der Waals surface area contributed by atoms with Crippen molar-refractivity contribution < 1.29 is 14.3 Å². The summed E-state index contributed by atoms with van der Waals surface area (Å²) >= 11 is 0. The van der Waals surface area contributed by atoms with Crippen molar-refractivity contribution >= 4 is 11.7 Å². The number of nitrogens with one attached hydrogen (secondary N) is 2. The number of amides is 2. The summed E-state index contributed by atoms with van der Waals surface area (Å²) in [6.45, 7) is 2.73. The highest BCUT2D eigenvalue weighted by Gasteiger charge is 2.09. The molecule has 112 valence electrons. The lowest BCUT2D eigenvalue weighted by Crippen LogP contribution is -2.37. The van der Waals surface area contributed by atoms with E-state index in [0.29, 0.717) is 18.8 Å².